The average molecular weight is 565 g/mol. The fraction of sp³-hybridized carbons (Fsp3) is 0.567. The molecule has 1 saturated heterocycles. The number of rotatable bonds is 3. The molecule has 2 aliphatic rings. The number of hydrogen-bond acceptors (Lipinski definition) is 10. The van der Waals surface area contributed by atoms with Crippen LogP contribution in [0, 0.1) is 0 Å². The van der Waals surface area contributed by atoms with Crippen LogP contribution in [0.15, 0.2) is 72.9 Å². The van der Waals surface area contributed by atoms with Gasteiger partial charge in [0.2, 0.25) is 0 Å². The van der Waals surface area contributed by atoms with Crippen LogP contribution >= 0.6 is 0 Å². The largest absolute Gasteiger partial charge is 0.460 e. The van der Waals surface area contributed by atoms with Crippen molar-refractivity contribution >= 4 is 5.97 Å². The number of ether oxygens (including phenoxy) is 3. The van der Waals surface area contributed by atoms with Crippen molar-refractivity contribution in [3.63, 3.8) is 0 Å². The van der Waals surface area contributed by atoms with Crippen LogP contribution in [0.3, 0.4) is 0 Å². The maximum atomic E-state index is 11.9. The summed E-state index contributed by atoms with van der Waals surface area (Å²) in [7, 11) is 0. The first-order valence-electron chi connectivity index (χ1n) is 13.7. The van der Waals surface area contributed by atoms with E-state index in [2.05, 4.69) is 0 Å². The molecular formula is C30H44O10. The number of hydrogen-bond donors (Lipinski definition) is 6. The summed E-state index contributed by atoms with van der Waals surface area (Å²) in [4.78, 5) is 11.9. The standard InChI is InChI=1S/C30H44O10/c1-21-13-7-3-2-4-11-17-24(39-30-29(37)28(36)27(35)25(20-31)40-30)19-23(33)16-10-5-8-14-22(32)15-9-6-12-18-26(34)38-21/h2,4-6,8-12,14,17-18,21-25,27-33,35-37H,3,7,13,15-16,19-20H2,1H3/b4-2+,9-6+,10-5-,14-8+,17-11+,18-12-. The first-order valence-corrected chi connectivity index (χ1v) is 13.7. The Hall–Kier alpha value is -2.41. The molecule has 2 aliphatic heterocycles. The van der Waals surface area contributed by atoms with Crippen molar-refractivity contribution in [2.75, 3.05) is 6.61 Å². The van der Waals surface area contributed by atoms with Crippen LogP contribution in [0.25, 0.3) is 0 Å². The van der Waals surface area contributed by atoms with E-state index in [-0.39, 0.29) is 18.9 Å². The van der Waals surface area contributed by atoms with Crippen molar-refractivity contribution in [3.05, 3.63) is 72.9 Å². The molecule has 0 spiro atoms. The Morgan fingerprint density at radius 2 is 1.57 bits per heavy atom. The van der Waals surface area contributed by atoms with Gasteiger partial charge in [0.05, 0.1) is 31.0 Å². The molecule has 40 heavy (non-hydrogen) atoms. The Morgan fingerprint density at radius 3 is 2.35 bits per heavy atom. The second-order valence-corrected chi connectivity index (χ2v) is 9.89. The summed E-state index contributed by atoms with van der Waals surface area (Å²) in [6.07, 6.45) is 13.7. The van der Waals surface area contributed by atoms with E-state index < -0.39 is 61.6 Å². The molecular weight excluding hydrogens is 520 g/mol. The normalized spacial score (nSPS) is 40.6. The number of aliphatic hydroxyl groups excluding tert-OH is 6. The molecule has 0 radical (unpaired) electrons. The molecule has 0 amide bonds. The number of cyclic esters (lactones) is 1. The van der Waals surface area contributed by atoms with Gasteiger partial charge in [-0.05, 0) is 39.0 Å². The molecule has 0 aromatic carbocycles. The lowest BCUT2D eigenvalue weighted by Crippen LogP contribution is -2.59. The van der Waals surface area contributed by atoms with Crippen LogP contribution < -0.4 is 0 Å². The van der Waals surface area contributed by atoms with Crippen molar-refractivity contribution in [1.82, 2.24) is 0 Å². The highest BCUT2D eigenvalue weighted by atomic mass is 16.7. The number of aliphatic hydroxyl groups is 6. The molecule has 0 aromatic heterocycles. The second kappa shape index (κ2) is 18.8. The Kier molecular flexibility index (Phi) is 15.9. The monoisotopic (exact) mass is 564 g/mol. The van der Waals surface area contributed by atoms with Crippen molar-refractivity contribution < 1.29 is 49.6 Å². The fourth-order valence-corrected chi connectivity index (χ4v) is 4.09. The highest BCUT2D eigenvalue weighted by Gasteiger charge is 2.44. The first-order chi connectivity index (χ1) is 19.2. The van der Waals surface area contributed by atoms with Crippen molar-refractivity contribution in [3.8, 4) is 0 Å². The second-order valence-electron chi connectivity index (χ2n) is 9.89. The quantitative estimate of drug-likeness (QED) is 0.277. The third kappa shape index (κ3) is 12.8. The van der Waals surface area contributed by atoms with Crippen LogP contribution in [0.5, 0.6) is 0 Å². The number of allylic oxidation sites excluding steroid dienone is 7. The zero-order chi connectivity index (χ0) is 29.3. The van der Waals surface area contributed by atoms with Gasteiger partial charge >= 0.3 is 5.97 Å². The van der Waals surface area contributed by atoms with E-state index in [0.717, 1.165) is 12.8 Å². The van der Waals surface area contributed by atoms with Crippen LogP contribution in [0.2, 0.25) is 0 Å². The van der Waals surface area contributed by atoms with Gasteiger partial charge in [-0.25, -0.2) is 4.79 Å². The number of carbonyl (C=O) groups is 1. The van der Waals surface area contributed by atoms with E-state index in [9.17, 15) is 35.4 Å². The van der Waals surface area contributed by atoms with E-state index in [1.807, 2.05) is 19.1 Å². The van der Waals surface area contributed by atoms with Crippen LogP contribution in [0.1, 0.15) is 45.4 Å². The van der Waals surface area contributed by atoms with Gasteiger partial charge in [0.1, 0.15) is 24.4 Å². The van der Waals surface area contributed by atoms with Crippen molar-refractivity contribution in [2.24, 2.45) is 0 Å². The smallest absolute Gasteiger partial charge is 0.331 e. The van der Waals surface area contributed by atoms with Crippen molar-refractivity contribution in [2.45, 2.75) is 101 Å². The summed E-state index contributed by atoms with van der Waals surface area (Å²) in [6, 6.07) is 0. The highest BCUT2D eigenvalue weighted by Crippen LogP contribution is 2.24. The van der Waals surface area contributed by atoms with E-state index in [0.29, 0.717) is 12.8 Å². The summed E-state index contributed by atoms with van der Waals surface area (Å²) in [5.41, 5.74) is 0. The summed E-state index contributed by atoms with van der Waals surface area (Å²) >= 11 is 0. The molecule has 2 rings (SSSR count). The Bertz CT molecular complexity index is 906. The number of esters is 1. The lowest BCUT2D eigenvalue weighted by atomic mass is 9.99. The minimum absolute atomic E-state index is 0.136. The first kappa shape index (κ1) is 33.8. The van der Waals surface area contributed by atoms with Crippen LogP contribution in [0.4, 0.5) is 0 Å². The van der Waals surface area contributed by atoms with E-state index in [4.69, 9.17) is 14.2 Å². The maximum absolute atomic E-state index is 11.9. The molecule has 0 aliphatic carbocycles. The molecule has 0 bridgehead atoms. The predicted molar refractivity (Wildman–Crippen MR) is 149 cm³/mol. The third-order valence-electron chi connectivity index (χ3n) is 6.38. The minimum atomic E-state index is -1.57. The SMILES string of the molecule is CC1CCC/C=C/C=C/C(OC2OC(CO)C(O)C(O)C2O)CC(O)C/C=C\C=C\C(O)C/C=C/C=C\C(=O)O1. The maximum Gasteiger partial charge on any atom is 0.331 e. The van der Waals surface area contributed by atoms with Gasteiger partial charge in [0.15, 0.2) is 6.29 Å². The lowest BCUT2D eigenvalue weighted by Gasteiger charge is -2.40. The molecule has 10 heteroatoms. The minimum Gasteiger partial charge on any atom is -0.460 e. The molecule has 0 aromatic rings. The molecule has 0 saturated carbocycles. The zero-order valence-electron chi connectivity index (χ0n) is 22.9. The Morgan fingerprint density at radius 1 is 0.875 bits per heavy atom. The average Bonchev–Trinajstić information content (AvgIpc) is 2.91. The van der Waals surface area contributed by atoms with Crippen molar-refractivity contribution in [1.29, 1.82) is 0 Å². The molecule has 2 heterocycles. The summed E-state index contributed by atoms with van der Waals surface area (Å²) in [5.74, 6) is -0.428. The van der Waals surface area contributed by atoms with Gasteiger partial charge in [0.25, 0.3) is 0 Å². The Balaban J connectivity index is 2.10. The zero-order valence-corrected chi connectivity index (χ0v) is 22.9. The van der Waals surface area contributed by atoms with Crippen LogP contribution in [-0.4, -0.2) is 98.3 Å². The molecule has 10 nitrogen and oxygen atoms in total. The summed E-state index contributed by atoms with van der Waals surface area (Å²) < 4.78 is 16.7. The van der Waals surface area contributed by atoms with E-state index in [1.54, 1.807) is 54.7 Å². The van der Waals surface area contributed by atoms with Crippen LogP contribution in [-0.2, 0) is 19.0 Å². The predicted octanol–water partition coefficient (Wildman–Crippen LogP) is 1.52. The summed E-state index contributed by atoms with van der Waals surface area (Å²) in [5, 5.41) is 60.6. The molecule has 9 unspecified atom stereocenters. The van der Waals surface area contributed by atoms with Gasteiger partial charge < -0.3 is 44.8 Å². The van der Waals surface area contributed by atoms with Gasteiger partial charge in [-0.1, -0.05) is 66.8 Å². The number of carbonyl (C=O) groups excluding carboxylic acids is 1. The lowest BCUT2D eigenvalue weighted by molar-refractivity contribution is -0.308. The van der Waals surface area contributed by atoms with Gasteiger partial charge in [-0.3, -0.25) is 0 Å². The van der Waals surface area contributed by atoms with E-state index in [1.165, 1.54) is 6.08 Å². The highest BCUT2D eigenvalue weighted by molar-refractivity contribution is 5.82. The molecule has 224 valence electrons. The fourth-order valence-electron chi connectivity index (χ4n) is 4.09. The topological polar surface area (TPSA) is 166 Å². The van der Waals surface area contributed by atoms with Gasteiger partial charge in [-0.2, -0.15) is 0 Å². The molecule has 6 N–H and O–H groups in total. The third-order valence-corrected chi connectivity index (χ3v) is 6.38. The van der Waals surface area contributed by atoms with Gasteiger partial charge in [-0.15, -0.1) is 0 Å². The van der Waals surface area contributed by atoms with Gasteiger partial charge in [0, 0.05) is 12.5 Å². The van der Waals surface area contributed by atoms with E-state index >= 15 is 0 Å². The molecule has 9 atom stereocenters. The Labute approximate surface area is 235 Å². The molecule has 1 fully saturated rings. The summed E-state index contributed by atoms with van der Waals surface area (Å²) in [6.45, 7) is 1.26.